The Bertz CT molecular complexity index is 219. The van der Waals surface area contributed by atoms with Crippen LogP contribution in [0, 0.1) is 17.3 Å². The minimum atomic E-state index is 0.534. The smallest absolute Gasteiger partial charge is 0.0471 e. The Morgan fingerprint density at radius 3 is 2.26 bits per heavy atom. The van der Waals surface area contributed by atoms with E-state index >= 15 is 0 Å². The van der Waals surface area contributed by atoms with Crippen LogP contribution in [0.5, 0.6) is 0 Å². The Hall–Kier alpha value is -0.0800. The Balaban J connectivity index is 2.19. The number of hydrogen-bond donors (Lipinski definition) is 1. The second-order valence-electron chi connectivity index (χ2n) is 7.28. The van der Waals surface area contributed by atoms with Gasteiger partial charge in [0, 0.05) is 19.8 Å². The van der Waals surface area contributed by atoms with Crippen molar-refractivity contribution in [3.8, 4) is 0 Å². The first kappa shape index (κ1) is 17.0. The molecule has 1 saturated carbocycles. The highest BCUT2D eigenvalue weighted by Crippen LogP contribution is 2.40. The minimum Gasteiger partial charge on any atom is -0.381 e. The molecule has 1 aliphatic carbocycles. The fourth-order valence-corrected chi connectivity index (χ4v) is 2.98. The fraction of sp³-hybridized carbons (Fsp3) is 1.00. The van der Waals surface area contributed by atoms with Gasteiger partial charge in [-0.3, -0.25) is 0 Å². The maximum Gasteiger partial charge on any atom is 0.0471 e. The van der Waals surface area contributed by atoms with Gasteiger partial charge in [0.05, 0.1) is 0 Å². The maximum absolute atomic E-state index is 5.83. The van der Waals surface area contributed by atoms with Gasteiger partial charge in [-0.1, -0.05) is 40.5 Å². The second kappa shape index (κ2) is 8.97. The molecule has 1 aliphatic rings. The van der Waals surface area contributed by atoms with E-state index in [0.29, 0.717) is 5.41 Å². The molecule has 1 N–H and O–H groups in total. The third kappa shape index (κ3) is 7.31. The highest BCUT2D eigenvalue weighted by atomic mass is 16.5. The van der Waals surface area contributed by atoms with Gasteiger partial charge in [-0.25, -0.2) is 0 Å². The summed E-state index contributed by atoms with van der Waals surface area (Å²) in [6.07, 6.45) is 8.05. The van der Waals surface area contributed by atoms with Crippen LogP contribution in [0.1, 0.15) is 66.2 Å². The molecule has 0 aromatic rings. The molecule has 0 atom stereocenters. The summed E-state index contributed by atoms with van der Waals surface area (Å²) in [5.74, 6) is 1.51. The normalized spacial score (nSPS) is 18.6. The Morgan fingerprint density at radius 1 is 1.00 bits per heavy atom. The molecule has 0 aromatic carbocycles. The number of ether oxygens (including phenoxy) is 1. The monoisotopic (exact) mass is 269 g/mol. The predicted molar refractivity (Wildman–Crippen MR) is 83.5 cm³/mol. The molecule has 1 rings (SSSR count). The zero-order chi connectivity index (χ0) is 14.1. The van der Waals surface area contributed by atoms with Gasteiger partial charge >= 0.3 is 0 Å². The van der Waals surface area contributed by atoms with Gasteiger partial charge in [0.15, 0.2) is 0 Å². The zero-order valence-electron chi connectivity index (χ0n) is 13.6. The van der Waals surface area contributed by atoms with Crippen molar-refractivity contribution in [1.29, 1.82) is 0 Å². The van der Waals surface area contributed by atoms with Crippen LogP contribution >= 0.6 is 0 Å². The molecule has 2 heteroatoms. The molecule has 19 heavy (non-hydrogen) atoms. The first-order valence-corrected chi connectivity index (χ1v) is 8.32. The summed E-state index contributed by atoms with van der Waals surface area (Å²) in [5.41, 5.74) is 0.534. The molecule has 0 bridgehead atoms. The maximum atomic E-state index is 5.83. The molecular weight excluding hydrogens is 234 g/mol. The SMILES string of the molecule is CC(C)CCOCCC1(CNCC(C)C)CCCC1. The lowest BCUT2D eigenvalue weighted by molar-refractivity contribution is 0.0867. The van der Waals surface area contributed by atoms with Crippen molar-refractivity contribution in [2.75, 3.05) is 26.3 Å². The summed E-state index contributed by atoms with van der Waals surface area (Å²) >= 11 is 0. The highest BCUT2D eigenvalue weighted by Gasteiger charge is 2.32. The Kier molecular flexibility index (Phi) is 8.01. The zero-order valence-corrected chi connectivity index (χ0v) is 13.6. The highest BCUT2D eigenvalue weighted by molar-refractivity contribution is 4.86. The summed E-state index contributed by atoms with van der Waals surface area (Å²) in [6.45, 7) is 13.3. The molecule has 1 fully saturated rings. The van der Waals surface area contributed by atoms with Crippen LogP contribution < -0.4 is 5.32 Å². The van der Waals surface area contributed by atoms with Crippen molar-refractivity contribution in [1.82, 2.24) is 5.32 Å². The van der Waals surface area contributed by atoms with E-state index in [2.05, 4.69) is 33.0 Å². The standard InChI is InChI=1S/C17H35NO/c1-15(2)7-11-19-12-10-17(8-5-6-9-17)14-18-13-16(3)4/h15-16,18H,5-14H2,1-4H3. The van der Waals surface area contributed by atoms with E-state index in [0.717, 1.165) is 31.6 Å². The van der Waals surface area contributed by atoms with E-state index in [1.807, 2.05) is 0 Å². The molecule has 0 aliphatic heterocycles. The molecular formula is C17H35NO. The van der Waals surface area contributed by atoms with Crippen LogP contribution in [-0.2, 0) is 4.74 Å². The fourth-order valence-electron chi connectivity index (χ4n) is 2.98. The van der Waals surface area contributed by atoms with Gasteiger partial charge in [-0.15, -0.1) is 0 Å². The first-order valence-electron chi connectivity index (χ1n) is 8.32. The van der Waals surface area contributed by atoms with E-state index < -0.39 is 0 Å². The Morgan fingerprint density at radius 2 is 1.68 bits per heavy atom. The number of nitrogens with one attached hydrogen (secondary N) is 1. The van der Waals surface area contributed by atoms with Crippen molar-refractivity contribution in [2.24, 2.45) is 17.3 Å². The molecule has 0 spiro atoms. The molecule has 0 heterocycles. The van der Waals surface area contributed by atoms with Crippen molar-refractivity contribution < 1.29 is 4.74 Å². The van der Waals surface area contributed by atoms with Crippen LogP contribution in [-0.4, -0.2) is 26.3 Å². The van der Waals surface area contributed by atoms with E-state index in [9.17, 15) is 0 Å². The first-order chi connectivity index (χ1) is 9.04. The average Bonchev–Trinajstić information content (AvgIpc) is 2.77. The van der Waals surface area contributed by atoms with E-state index in [1.54, 1.807) is 0 Å². The largest absolute Gasteiger partial charge is 0.381 e. The molecule has 0 amide bonds. The summed E-state index contributed by atoms with van der Waals surface area (Å²) in [6, 6.07) is 0. The van der Waals surface area contributed by atoms with E-state index in [1.165, 1.54) is 45.1 Å². The quantitative estimate of drug-likeness (QED) is 0.599. The van der Waals surface area contributed by atoms with Crippen molar-refractivity contribution in [3.05, 3.63) is 0 Å². The van der Waals surface area contributed by atoms with Crippen LogP contribution in [0.2, 0.25) is 0 Å². The minimum absolute atomic E-state index is 0.534. The molecule has 114 valence electrons. The van der Waals surface area contributed by atoms with Gasteiger partial charge < -0.3 is 10.1 Å². The average molecular weight is 269 g/mol. The number of hydrogen-bond acceptors (Lipinski definition) is 2. The summed E-state index contributed by atoms with van der Waals surface area (Å²) in [7, 11) is 0. The van der Waals surface area contributed by atoms with Crippen LogP contribution in [0.3, 0.4) is 0 Å². The lowest BCUT2D eigenvalue weighted by Gasteiger charge is -2.30. The van der Waals surface area contributed by atoms with Gasteiger partial charge in [-0.2, -0.15) is 0 Å². The topological polar surface area (TPSA) is 21.3 Å². The summed E-state index contributed by atoms with van der Waals surface area (Å²) in [5, 5.41) is 3.67. The molecule has 0 saturated heterocycles. The third-order valence-corrected chi connectivity index (χ3v) is 4.33. The second-order valence-corrected chi connectivity index (χ2v) is 7.28. The van der Waals surface area contributed by atoms with E-state index in [4.69, 9.17) is 4.74 Å². The third-order valence-electron chi connectivity index (χ3n) is 4.33. The Labute approximate surface area is 120 Å². The van der Waals surface area contributed by atoms with Crippen molar-refractivity contribution >= 4 is 0 Å². The summed E-state index contributed by atoms with van der Waals surface area (Å²) < 4.78 is 5.83. The molecule has 0 aromatic heterocycles. The summed E-state index contributed by atoms with van der Waals surface area (Å²) in [4.78, 5) is 0. The molecule has 0 unspecified atom stereocenters. The van der Waals surface area contributed by atoms with Crippen LogP contribution in [0.4, 0.5) is 0 Å². The van der Waals surface area contributed by atoms with Gasteiger partial charge in [-0.05, 0) is 49.5 Å². The molecule has 0 radical (unpaired) electrons. The van der Waals surface area contributed by atoms with Crippen LogP contribution in [0.15, 0.2) is 0 Å². The van der Waals surface area contributed by atoms with Gasteiger partial charge in [0.2, 0.25) is 0 Å². The lowest BCUT2D eigenvalue weighted by Crippen LogP contribution is -2.35. The van der Waals surface area contributed by atoms with Crippen molar-refractivity contribution in [2.45, 2.75) is 66.2 Å². The van der Waals surface area contributed by atoms with E-state index in [-0.39, 0.29) is 0 Å². The molecule has 2 nitrogen and oxygen atoms in total. The van der Waals surface area contributed by atoms with Gasteiger partial charge in [0.25, 0.3) is 0 Å². The van der Waals surface area contributed by atoms with Crippen molar-refractivity contribution in [3.63, 3.8) is 0 Å². The number of rotatable bonds is 10. The predicted octanol–water partition coefficient (Wildman–Crippen LogP) is 4.25. The van der Waals surface area contributed by atoms with Gasteiger partial charge in [0.1, 0.15) is 0 Å². The lowest BCUT2D eigenvalue weighted by atomic mass is 9.83. The van der Waals surface area contributed by atoms with Crippen LogP contribution in [0.25, 0.3) is 0 Å².